The second-order valence-electron chi connectivity index (χ2n) is 5.69. The lowest BCUT2D eigenvalue weighted by Crippen LogP contribution is -2.21. The standard InChI is InChI=1S/C16H22N4O3S2/c1-11(10-21)17-14-9-15(20-25(3,22)23)19-16(18-14)24-12(2)13-7-5-4-6-8-13/h4-9,11-12,21H,10H2,1-3H3,(H2,17,18,19,20)/t11-,12?/m1/s1. The van der Waals surface area contributed by atoms with Gasteiger partial charge in [0.15, 0.2) is 5.16 Å². The lowest BCUT2D eigenvalue weighted by Gasteiger charge is -2.15. The molecule has 0 amide bonds. The Kier molecular flexibility index (Phi) is 6.63. The van der Waals surface area contributed by atoms with Crippen molar-refractivity contribution in [1.82, 2.24) is 9.97 Å². The molecule has 7 nitrogen and oxygen atoms in total. The van der Waals surface area contributed by atoms with E-state index in [1.807, 2.05) is 37.3 Å². The zero-order valence-electron chi connectivity index (χ0n) is 14.3. The van der Waals surface area contributed by atoms with E-state index in [1.54, 1.807) is 6.92 Å². The van der Waals surface area contributed by atoms with Crippen molar-refractivity contribution in [1.29, 1.82) is 0 Å². The average molecular weight is 383 g/mol. The highest BCUT2D eigenvalue weighted by Gasteiger charge is 2.14. The van der Waals surface area contributed by atoms with Crippen molar-refractivity contribution in [3.05, 3.63) is 42.0 Å². The molecule has 0 spiro atoms. The van der Waals surface area contributed by atoms with Gasteiger partial charge in [0.2, 0.25) is 10.0 Å². The molecule has 3 N–H and O–H groups in total. The molecule has 1 aromatic heterocycles. The van der Waals surface area contributed by atoms with Crippen LogP contribution in [0.3, 0.4) is 0 Å². The second kappa shape index (κ2) is 8.50. The fourth-order valence-electron chi connectivity index (χ4n) is 2.04. The molecule has 136 valence electrons. The van der Waals surface area contributed by atoms with Crippen LogP contribution in [-0.4, -0.2) is 42.4 Å². The van der Waals surface area contributed by atoms with Gasteiger partial charge in [0.05, 0.1) is 12.9 Å². The number of anilines is 2. The van der Waals surface area contributed by atoms with Crippen LogP contribution in [-0.2, 0) is 10.0 Å². The number of aliphatic hydroxyl groups is 1. The molecule has 25 heavy (non-hydrogen) atoms. The van der Waals surface area contributed by atoms with Crippen LogP contribution < -0.4 is 10.0 Å². The van der Waals surface area contributed by atoms with Crippen molar-refractivity contribution in [3.8, 4) is 0 Å². The SMILES string of the molecule is CC(Sc1nc(N[C@H](C)CO)cc(NS(C)(=O)=O)n1)c1ccccc1. The molecule has 0 saturated heterocycles. The van der Waals surface area contributed by atoms with Gasteiger partial charge in [-0.2, -0.15) is 0 Å². The maximum atomic E-state index is 11.5. The molecule has 1 heterocycles. The number of rotatable bonds is 8. The van der Waals surface area contributed by atoms with Gasteiger partial charge in [0, 0.05) is 17.4 Å². The van der Waals surface area contributed by atoms with Crippen LogP contribution in [0.1, 0.15) is 24.7 Å². The minimum absolute atomic E-state index is 0.0677. The lowest BCUT2D eigenvalue weighted by atomic mass is 10.2. The maximum absolute atomic E-state index is 11.5. The van der Waals surface area contributed by atoms with Gasteiger partial charge >= 0.3 is 0 Å². The van der Waals surface area contributed by atoms with Gasteiger partial charge < -0.3 is 10.4 Å². The Morgan fingerprint density at radius 3 is 2.40 bits per heavy atom. The molecule has 2 aromatic rings. The Hall–Kier alpha value is -1.84. The smallest absolute Gasteiger partial charge is 0.230 e. The van der Waals surface area contributed by atoms with Crippen molar-refractivity contribution in [3.63, 3.8) is 0 Å². The first-order chi connectivity index (χ1) is 11.8. The molecule has 9 heteroatoms. The van der Waals surface area contributed by atoms with Crippen molar-refractivity contribution < 1.29 is 13.5 Å². The second-order valence-corrected chi connectivity index (χ2v) is 8.75. The van der Waals surface area contributed by atoms with Gasteiger partial charge in [0.25, 0.3) is 0 Å². The molecule has 0 fully saturated rings. The number of hydrogen-bond acceptors (Lipinski definition) is 7. The summed E-state index contributed by atoms with van der Waals surface area (Å²) in [5, 5.41) is 12.8. The van der Waals surface area contributed by atoms with Crippen LogP contribution >= 0.6 is 11.8 Å². The average Bonchev–Trinajstić information content (AvgIpc) is 2.53. The molecule has 2 atom stereocenters. The Bertz CT molecular complexity index is 800. The molecule has 1 aromatic carbocycles. The highest BCUT2D eigenvalue weighted by molar-refractivity contribution is 7.99. The summed E-state index contributed by atoms with van der Waals surface area (Å²) in [4.78, 5) is 8.69. The first-order valence-electron chi connectivity index (χ1n) is 7.72. The van der Waals surface area contributed by atoms with Crippen molar-refractivity contribution >= 4 is 33.4 Å². The summed E-state index contributed by atoms with van der Waals surface area (Å²) in [6.07, 6.45) is 1.07. The van der Waals surface area contributed by atoms with Crippen LogP contribution in [0.25, 0.3) is 0 Å². The number of nitrogens with zero attached hydrogens (tertiary/aromatic N) is 2. The number of nitrogens with one attached hydrogen (secondary N) is 2. The van der Waals surface area contributed by atoms with E-state index < -0.39 is 10.0 Å². The Morgan fingerprint density at radius 2 is 1.80 bits per heavy atom. The molecule has 0 aliphatic heterocycles. The van der Waals surface area contributed by atoms with Gasteiger partial charge in [-0.15, -0.1) is 0 Å². The van der Waals surface area contributed by atoms with E-state index >= 15 is 0 Å². The Balaban J connectivity index is 2.28. The fourth-order valence-corrected chi connectivity index (χ4v) is 3.44. The zero-order valence-corrected chi connectivity index (χ0v) is 15.9. The quantitative estimate of drug-likeness (QED) is 0.476. The van der Waals surface area contributed by atoms with Gasteiger partial charge in [-0.25, -0.2) is 18.4 Å². The third kappa shape index (κ3) is 6.52. The van der Waals surface area contributed by atoms with E-state index in [0.29, 0.717) is 11.0 Å². The van der Waals surface area contributed by atoms with E-state index in [1.165, 1.54) is 17.8 Å². The maximum Gasteiger partial charge on any atom is 0.230 e. The first kappa shape index (κ1) is 19.5. The molecule has 0 radical (unpaired) electrons. The van der Waals surface area contributed by atoms with E-state index in [9.17, 15) is 13.5 Å². The van der Waals surface area contributed by atoms with E-state index in [2.05, 4.69) is 20.0 Å². The molecule has 0 aliphatic carbocycles. The first-order valence-corrected chi connectivity index (χ1v) is 10.5. The summed E-state index contributed by atoms with van der Waals surface area (Å²) < 4.78 is 25.4. The van der Waals surface area contributed by atoms with Crippen LogP contribution in [0, 0.1) is 0 Å². The molecular formula is C16H22N4O3S2. The lowest BCUT2D eigenvalue weighted by molar-refractivity contribution is 0.281. The molecule has 0 aliphatic rings. The van der Waals surface area contributed by atoms with Crippen LogP contribution in [0.15, 0.2) is 41.6 Å². The molecular weight excluding hydrogens is 360 g/mol. The summed E-state index contributed by atoms with van der Waals surface area (Å²) >= 11 is 1.43. The highest BCUT2D eigenvalue weighted by atomic mass is 32.2. The highest BCUT2D eigenvalue weighted by Crippen LogP contribution is 2.33. The van der Waals surface area contributed by atoms with Crippen molar-refractivity contribution in [2.24, 2.45) is 0 Å². The number of sulfonamides is 1. The third-order valence-electron chi connectivity index (χ3n) is 3.21. The fraction of sp³-hybridized carbons (Fsp3) is 0.375. The van der Waals surface area contributed by atoms with Crippen molar-refractivity contribution in [2.45, 2.75) is 30.3 Å². The normalized spacial score (nSPS) is 13.9. The molecule has 0 bridgehead atoms. The minimum atomic E-state index is -3.45. The monoisotopic (exact) mass is 382 g/mol. The molecule has 0 saturated carbocycles. The van der Waals surface area contributed by atoms with Gasteiger partial charge in [0.1, 0.15) is 11.6 Å². The number of hydrogen-bond donors (Lipinski definition) is 3. The summed E-state index contributed by atoms with van der Waals surface area (Å²) in [5.74, 6) is 0.637. The van der Waals surface area contributed by atoms with Crippen LogP contribution in [0.4, 0.5) is 11.6 Å². The minimum Gasteiger partial charge on any atom is -0.394 e. The van der Waals surface area contributed by atoms with Crippen molar-refractivity contribution in [2.75, 3.05) is 22.9 Å². The number of aliphatic hydroxyl groups excluding tert-OH is 1. The van der Waals surface area contributed by atoms with E-state index in [-0.39, 0.29) is 23.7 Å². The summed E-state index contributed by atoms with van der Waals surface area (Å²) in [5.41, 5.74) is 1.12. The Morgan fingerprint density at radius 1 is 1.16 bits per heavy atom. The number of benzene rings is 1. The van der Waals surface area contributed by atoms with Crippen LogP contribution in [0.2, 0.25) is 0 Å². The summed E-state index contributed by atoms with van der Waals surface area (Å²) in [6, 6.07) is 11.2. The largest absolute Gasteiger partial charge is 0.394 e. The van der Waals surface area contributed by atoms with Gasteiger partial charge in [-0.1, -0.05) is 42.1 Å². The van der Waals surface area contributed by atoms with Gasteiger partial charge in [-0.3, -0.25) is 4.72 Å². The van der Waals surface area contributed by atoms with Gasteiger partial charge in [-0.05, 0) is 19.4 Å². The predicted molar refractivity (Wildman–Crippen MR) is 101 cm³/mol. The molecule has 2 rings (SSSR count). The predicted octanol–water partition coefficient (Wildman–Crippen LogP) is 2.49. The van der Waals surface area contributed by atoms with E-state index in [4.69, 9.17) is 0 Å². The number of aromatic nitrogens is 2. The topological polar surface area (TPSA) is 104 Å². The van der Waals surface area contributed by atoms with E-state index in [0.717, 1.165) is 11.8 Å². The third-order valence-corrected chi connectivity index (χ3v) is 4.81. The molecule has 1 unspecified atom stereocenters. The number of thioether (sulfide) groups is 1. The van der Waals surface area contributed by atoms with Crippen LogP contribution in [0.5, 0.6) is 0 Å². The zero-order chi connectivity index (χ0) is 18.4. The summed E-state index contributed by atoms with van der Waals surface area (Å²) in [7, 11) is -3.45. The summed E-state index contributed by atoms with van der Waals surface area (Å²) in [6.45, 7) is 3.76. The Labute approximate surface area is 152 Å².